The van der Waals surface area contributed by atoms with Gasteiger partial charge in [0.05, 0.1) is 0 Å². The summed E-state index contributed by atoms with van der Waals surface area (Å²) in [5.41, 5.74) is 2.57. The maximum Gasteiger partial charge on any atom is 0.126 e. The first-order valence-electron chi connectivity index (χ1n) is 7.87. The lowest BCUT2D eigenvalue weighted by molar-refractivity contribution is 0.455. The Hall–Kier alpha value is -1.87. The molecule has 110 valence electrons. The first kappa shape index (κ1) is 14.1. The largest absolute Gasteiger partial charge is 0.370 e. The van der Waals surface area contributed by atoms with E-state index in [9.17, 15) is 0 Å². The first-order chi connectivity index (χ1) is 10.4. The van der Waals surface area contributed by atoms with Crippen molar-refractivity contribution in [3.63, 3.8) is 0 Å². The Balaban J connectivity index is 1.55. The molecule has 0 spiro atoms. The maximum atomic E-state index is 4.78. The molecule has 1 aromatic carbocycles. The molecule has 2 N–H and O–H groups in total. The molecule has 1 saturated heterocycles. The van der Waals surface area contributed by atoms with E-state index in [0.29, 0.717) is 5.92 Å². The van der Waals surface area contributed by atoms with Crippen LogP contribution in [0, 0.1) is 0 Å². The third kappa shape index (κ3) is 4.05. The van der Waals surface area contributed by atoms with Crippen LogP contribution >= 0.6 is 0 Å². The van der Waals surface area contributed by atoms with Gasteiger partial charge in [-0.05, 0) is 43.5 Å². The van der Waals surface area contributed by atoms with Crippen molar-refractivity contribution in [2.45, 2.75) is 25.2 Å². The van der Waals surface area contributed by atoms with Gasteiger partial charge in [-0.3, -0.25) is 0 Å². The highest BCUT2D eigenvalue weighted by Gasteiger charge is 2.16. The van der Waals surface area contributed by atoms with Crippen LogP contribution in [0.1, 0.15) is 30.0 Å². The molecule has 3 rings (SSSR count). The summed E-state index contributed by atoms with van der Waals surface area (Å²) in [7, 11) is 0. The molecule has 0 aliphatic carbocycles. The van der Waals surface area contributed by atoms with Crippen LogP contribution < -0.4 is 10.6 Å². The minimum absolute atomic E-state index is 0.564. The van der Waals surface area contributed by atoms with Crippen LogP contribution in [0.2, 0.25) is 0 Å². The van der Waals surface area contributed by atoms with E-state index in [1.807, 2.05) is 0 Å². The minimum atomic E-state index is 0.564. The highest BCUT2D eigenvalue weighted by molar-refractivity contribution is 5.36. The molecule has 1 fully saturated rings. The summed E-state index contributed by atoms with van der Waals surface area (Å²) in [6, 6.07) is 16.9. The van der Waals surface area contributed by atoms with Crippen LogP contribution in [0.15, 0.2) is 48.5 Å². The molecular formula is C18H23N3. The number of nitrogens with one attached hydrogen (secondary N) is 2. The monoisotopic (exact) mass is 281 g/mol. The normalized spacial score (nSPS) is 18.4. The summed E-state index contributed by atoms with van der Waals surface area (Å²) in [4.78, 5) is 4.78. The molecule has 0 unspecified atom stereocenters. The SMILES string of the molecule is c1ccc(CCNc2cccc([C@H]3CCCNC3)n2)cc1. The van der Waals surface area contributed by atoms with Gasteiger partial charge in [-0.2, -0.15) is 0 Å². The Morgan fingerprint density at radius 1 is 1.10 bits per heavy atom. The zero-order valence-corrected chi connectivity index (χ0v) is 12.4. The van der Waals surface area contributed by atoms with Gasteiger partial charge in [0.15, 0.2) is 0 Å². The third-order valence-electron chi connectivity index (χ3n) is 4.05. The van der Waals surface area contributed by atoms with Gasteiger partial charge in [0.2, 0.25) is 0 Å². The summed E-state index contributed by atoms with van der Waals surface area (Å²) in [6.07, 6.45) is 3.52. The highest BCUT2D eigenvalue weighted by Crippen LogP contribution is 2.22. The highest BCUT2D eigenvalue weighted by atomic mass is 15.0. The molecule has 21 heavy (non-hydrogen) atoms. The van der Waals surface area contributed by atoms with Gasteiger partial charge in [0.1, 0.15) is 5.82 Å². The number of hydrogen-bond acceptors (Lipinski definition) is 3. The summed E-state index contributed by atoms with van der Waals surface area (Å²) in [5, 5.41) is 6.90. The fraction of sp³-hybridized carbons (Fsp3) is 0.389. The van der Waals surface area contributed by atoms with E-state index < -0.39 is 0 Å². The van der Waals surface area contributed by atoms with Crippen molar-refractivity contribution in [1.82, 2.24) is 10.3 Å². The van der Waals surface area contributed by atoms with E-state index in [2.05, 4.69) is 59.2 Å². The van der Waals surface area contributed by atoms with Crippen molar-refractivity contribution in [1.29, 1.82) is 0 Å². The molecular weight excluding hydrogens is 258 g/mol. The van der Waals surface area contributed by atoms with Crippen molar-refractivity contribution in [3.8, 4) is 0 Å². The molecule has 0 bridgehead atoms. The maximum absolute atomic E-state index is 4.78. The predicted molar refractivity (Wildman–Crippen MR) is 87.7 cm³/mol. The summed E-state index contributed by atoms with van der Waals surface area (Å²) in [6.45, 7) is 3.12. The van der Waals surface area contributed by atoms with E-state index in [1.165, 1.54) is 24.1 Å². The van der Waals surface area contributed by atoms with Crippen molar-refractivity contribution >= 4 is 5.82 Å². The van der Waals surface area contributed by atoms with E-state index in [1.54, 1.807) is 0 Å². The fourth-order valence-electron chi connectivity index (χ4n) is 2.86. The summed E-state index contributed by atoms with van der Waals surface area (Å²) in [5.74, 6) is 1.56. The smallest absolute Gasteiger partial charge is 0.126 e. The Bertz CT molecular complexity index is 547. The van der Waals surface area contributed by atoms with Crippen molar-refractivity contribution in [2.24, 2.45) is 0 Å². The van der Waals surface area contributed by atoms with Gasteiger partial charge in [-0.1, -0.05) is 36.4 Å². The molecule has 0 radical (unpaired) electrons. The molecule has 2 heterocycles. The number of pyridine rings is 1. The van der Waals surface area contributed by atoms with E-state index in [4.69, 9.17) is 4.98 Å². The van der Waals surface area contributed by atoms with Crippen molar-refractivity contribution in [3.05, 3.63) is 59.8 Å². The summed E-state index contributed by atoms with van der Waals surface area (Å²) < 4.78 is 0. The van der Waals surface area contributed by atoms with Gasteiger partial charge in [-0.25, -0.2) is 4.98 Å². The molecule has 1 aliphatic heterocycles. The second kappa shape index (κ2) is 7.23. The van der Waals surface area contributed by atoms with E-state index in [-0.39, 0.29) is 0 Å². The fourth-order valence-corrected chi connectivity index (χ4v) is 2.86. The standard InChI is InChI=1S/C18H23N3/c1-2-6-15(7-3-1)11-13-20-18-10-4-9-17(21-18)16-8-5-12-19-14-16/h1-4,6-7,9-10,16,19H,5,8,11-14H2,(H,20,21)/t16-/m0/s1. The second-order valence-corrected chi connectivity index (χ2v) is 5.65. The average molecular weight is 281 g/mol. The van der Waals surface area contributed by atoms with Gasteiger partial charge in [0.25, 0.3) is 0 Å². The quantitative estimate of drug-likeness (QED) is 0.883. The van der Waals surface area contributed by atoms with E-state index in [0.717, 1.165) is 31.9 Å². The second-order valence-electron chi connectivity index (χ2n) is 5.65. The summed E-state index contributed by atoms with van der Waals surface area (Å²) >= 11 is 0. The Morgan fingerprint density at radius 3 is 2.81 bits per heavy atom. The number of hydrogen-bond donors (Lipinski definition) is 2. The van der Waals surface area contributed by atoms with Crippen LogP contribution in [-0.4, -0.2) is 24.6 Å². The predicted octanol–water partition coefficient (Wildman–Crippen LogP) is 3.20. The lowest BCUT2D eigenvalue weighted by atomic mass is 9.96. The Kier molecular flexibility index (Phi) is 4.85. The van der Waals surface area contributed by atoms with Crippen LogP contribution in [0.3, 0.4) is 0 Å². The van der Waals surface area contributed by atoms with Crippen molar-refractivity contribution < 1.29 is 0 Å². The lowest BCUT2D eigenvalue weighted by Gasteiger charge is -2.22. The van der Waals surface area contributed by atoms with Gasteiger partial charge in [-0.15, -0.1) is 0 Å². The Labute approximate surface area is 126 Å². The van der Waals surface area contributed by atoms with Gasteiger partial charge < -0.3 is 10.6 Å². The number of benzene rings is 1. The van der Waals surface area contributed by atoms with Crippen LogP contribution in [0.5, 0.6) is 0 Å². The zero-order valence-electron chi connectivity index (χ0n) is 12.4. The van der Waals surface area contributed by atoms with Gasteiger partial charge >= 0.3 is 0 Å². The van der Waals surface area contributed by atoms with Crippen LogP contribution in [0.25, 0.3) is 0 Å². The molecule has 1 aliphatic rings. The molecule has 1 atom stereocenters. The Morgan fingerprint density at radius 2 is 2.00 bits per heavy atom. The number of aromatic nitrogens is 1. The number of nitrogens with zero attached hydrogens (tertiary/aromatic N) is 1. The average Bonchev–Trinajstić information content (AvgIpc) is 2.57. The molecule has 3 nitrogen and oxygen atoms in total. The molecule has 3 heteroatoms. The van der Waals surface area contributed by atoms with Crippen LogP contribution in [-0.2, 0) is 6.42 Å². The molecule has 0 amide bonds. The molecule has 1 aromatic heterocycles. The number of rotatable bonds is 5. The lowest BCUT2D eigenvalue weighted by Crippen LogP contribution is -2.28. The van der Waals surface area contributed by atoms with Crippen molar-refractivity contribution in [2.75, 3.05) is 25.0 Å². The third-order valence-corrected chi connectivity index (χ3v) is 4.05. The molecule has 2 aromatic rings. The topological polar surface area (TPSA) is 37.0 Å². The molecule has 0 saturated carbocycles. The number of piperidine rings is 1. The first-order valence-corrected chi connectivity index (χ1v) is 7.87. The van der Waals surface area contributed by atoms with Gasteiger partial charge in [0, 0.05) is 24.7 Å². The van der Waals surface area contributed by atoms with E-state index >= 15 is 0 Å². The zero-order chi connectivity index (χ0) is 14.3. The minimum Gasteiger partial charge on any atom is -0.370 e. The van der Waals surface area contributed by atoms with Crippen LogP contribution in [0.4, 0.5) is 5.82 Å². The number of anilines is 1.